The fourth-order valence-corrected chi connectivity index (χ4v) is 3.45. The molecule has 0 saturated heterocycles. The molecule has 11 heteroatoms. The Kier molecular flexibility index (Phi) is 6.08. The summed E-state index contributed by atoms with van der Waals surface area (Å²) in [4.78, 5) is 28.5. The number of anilines is 1. The summed E-state index contributed by atoms with van der Waals surface area (Å²) in [5.41, 5.74) is -2.13. The molecule has 0 atom stereocenters. The topological polar surface area (TPSA) is 97.1 Å². The molecule has 0 saturated carbocycles. The van der Waals surface area contributed by atoms with E-state index in [-0.39, 0.29) is 28.7 Å². The molecular weight excluding hydrogens is 468 g/mol. The van der Waals surface area contributed by atoms with Gasteiger partial charge in [-0.15, -0.1) is 0 Å². The lowest BCUT2D eigenvalue weighted by Gasteiger charge is -2.15. The molecule has 35 heavy (non-hydrogen) atoms. The Morgan fingerprint density at radius 2 is 1.77 bits per heavy atom. The van der Waals surface area contributed by atoms with Crippen LogP contribution in [-0.2, 0) is 13.2 Å². The van der Waals surface area contributed by atoms with Crippen molar-refractivity contribution in [3.05, 3.63) is 89.5 Å². The summed E-state index contributed by atoms with van der Waals surface area (Å²) < 4.78 is 56.8. The average Bonchev–Trinajstić information content (AvgIpc) is 3.24. The molecule has 7 nitrogen and oxygen atoms in total. The van der Waals surface area contributed by atoms with Crippen molar-refractivity contribution in [2.45, 2.75) is 6.18 Å². The van der Waals surface area contributed by atoms with E-state index in [1.165, 1.54) is 24.0 Å². The van der Waals surface area contributed by atoms with Crippen LogP contribution in [0.1, 0.15) is 26.3 Å². The van der Waals surface area contributed by atoms with Crippen molar-refractivity contribution >= 4 is 17.6 Å². The van der Waals surface area contributed by atoms with Crippen molar-refractivity contribution in [3.63, 3.8) is 0 Å². The Labute approximate surface area is 195 Å². The third-order valence-corrected chi connectivity index (χ3v) is 5.08. The van der Waals surface area contributed by atoms with Gasteiger partial charge in [0.25, 0.3) is 5.91 Å². The summed E-state index contributed by atoms with van der Waals surface area (Å²) >= 11 is 0. The van der Waals surface area contributed by atoms with Crippen molar-refractivity contribution in [1.82, 2.24) is 14.8 Å². The average molecular weight is 484 g/mol. The van der Waals surface area contributed by atoms with E-state index < -0.39 is 40.6 Å². The fraction of sp³-hybridized carbons (Fsp3) is 0.0833. The number of benzene rings is 2. The van der Waals surface area contributed by atoms with Gasteiger partial charge in [0.2, 0.25) is 0 Å². The summed E-state index contributed by atoms with van der Waals surface area (Å²) in [6, 6.07) is 11.9. The standard InChI is InChI=1S/C24H16F4N4O3/c1-32-8-7-19(31-32)15-10-16(18(25)11-17(15)24(26,27)28)22(33)30-20-9-14(23(34)35)12-29-21(20)13-5-3-2-4-6-13/h2-12H,1H3,(H,30,33)(H,34,35). The molecule has 0 bridgehead atoms. The van der Waals surface area contributed by atoms with Gasteiger partial charge in [0.1, 0.15) is 5.82 Å². The maximum atomic E-state index is 14.8. The minimum absolute atomic E-state index is 0.0558. The molecule has 0 radical (unpaired) electrons. The van der Waals surface area contributed by atoms with E-state index in [0.717, 1.165) is 18.3 Å². The van der Waals surface area contributed by atoms with Gasteiger partial charge < -0.3 is 10.4 Å². The summed E-state index contributed by atoms with van der Waals surface area (Å²) in [5.74, 6) is -3.81. The first-order valence-electron chi connectivity index (χ1n) is 10.1. The molecule has 2 heterocycles. The number of amides is 1. The molecular formula is C24H16F4N4O3. The number of aromatic carboxylic acids is 1. The van der Waals surface area contributed by atoms with E-state index in [1.807, 2.05) is 0 Å². The lowest BCUT2D eigenvalue weighted by Crippen LogP contribution is -2.17. The normalized spacial score (nSPS) is 11.3. The largest absolute Gasteiger partial charge is 0.478 e. The molecule has 0 fully saturated rings. The minimum atomic E-state index is -4.90. The Morgan fingerprint density at radius 1 is 1.06 bits per heavy atom. The van der Waals surface area contributed by atoms with Crippen molar-refractivity contribution in [2.75, 3.05) is 5.32 Å². The highest BCUT2D eigenvalue weighted by Gasteiger charge is 2.36. The van der Waals surface area contributed by atoms with Gasteiger partial charge in [0.05, 0.1) is 33.8 Å². The molecule has 2 aromatic carbocycles. The number of carboxylic acid groups (broad SMARTS) is 1. The van der Waals surface area contributed by atoms with Gasteiger partial charge in [0, 0.05) is 30.6 Å². The molecule has 4 rings (SSSR count). The molecule has 2 aromatic heterocycles. The zero-order valence-corrected chi connectivity index (χ0v) is 18.0. The number of nitrogens with one attached hydrogen (secondary N) is 1. The first-order valence-corrected chi connectivity index (χ1v) is 10.1. The van der Waals surface area contributed by atoms with Crippen molar-refractivity contribution in [2.24, 2.45) is 7.05 Å². The summed E-state index contributed by atoms with van der Waals surface area (Å²) in [6.07, 6.45) is -2.39. The maximum absolute atomic E-state index is 14.8. The van der Waals surface area contributed by atoms with Crippen molar-refractivity contribution < 1.29 is 32.3 Å². The number of aromatic nitrogens is 3. The quantitative estimate of drug-likeness (QED) is 0.377. The van der Waals surface area contributed by atoms with E-state index in [1.54, 1.807) is 30.3 Å². The monoisotopic (exact) mass is 484 g/mol. The van der Waals surface area contributed by atoms with Gasteiger partial charge in [-0.2, -0.15) is 18.3 Å². The Bertz CT molecular complexity index is 1430. The van der Waals surface area contributed by atoms with E-state index in [2.05, 4.69) is 15.4 Å². The number of hydrogen-bond acceptors (Lipinski definition) is 4. The number of halogens is 4. The number of aryl methyl sites for hydroxylation is 1. The summed E-state index contributed by atoms with van der Waals surface area (Å²) in [6.45, 7) is 0. The Hall–Kier alpha value is -4.54. The van der Waals surface area contributed by atoms with Gasteiger partial charge >= 0.3 is 12.1 Å². The summed E-state index contributed by atoms with van der Waals surface area (Å²) in [7, 11) is 1.50. The number of carboxylic acids is 1. The van der Waals surface area contributed by atoms with E-state index >= 15 is 0 Å². The molecule has 0 unspecified atom stereocenters. The zero-order valence-electron chi connectivity index (χ0n) is 18.0. The number of rotatable bonds is 5. The number of nitrogens with zero attached hydrogens (tertiary/aromatic N) is 3. The minimum Gasteiger partial charge on any atom is -0.478 e. The van der Waals surface area contributed by atoms with Crippen LogP contribution in [0.5, 0.6) is 0 Å². The second kappa shape index (κ2) is 9.01. The Balaban J connectivity index is 1.81. The number of carbonyl (C=O) groups excluding carboxylic acids is 1. The molecule has 0 aliphatic rings. The van der Waals surface area contributed by atoms with Crippen LogP contribution in [0.3, 0.4) is 0 Å². The smallest absolute Gasteiger partial charge is 0.417 e. The zero-order chi connectivity index (χ0) is 25.3. The SMILES string of the molecule is Cn1ccc(-c2cc(C(=O)Nc3cc(C(=O)O)cnc3-c3ccccc3)c(F)cc2C(F)(F)F)n1. The van der Waals surface area contributed by atoms with Gasteiger partial charge in [-0.25, -0.2) is 9.18 Å². The highest BCUT2D eigenvalue weighted by molar-refractivity contribution is 6.07. The van der Waals surface area contributed by atoms with Crippen LogP contribution in [0.15, 0.2) is 67.0 Å². The van der Waals surface area contributed by atoms with Gasteiger partial charge in [-0.05, 0) is 24.3 Å². The van der Waals surface area contributed by atoms with Crippen molar-refractivity contribution in [3.8, 4) is 22.5 Å². The summed E-state index contributed by atoms with van der Waals surface area (Å²) in [5, 5.41) is 15.6. The van der Waals surface area contributed by atoms with E-state index in [0.29, 0.717) is 5.56 Å². The van der Waals surface area contributed by atoms with Crippen LogP contribution < -0.4 is 5.32 Å². The molecule has 0 aliphatic heterocycles. The lowest BCUT2D eigenvalue weighted by atomic mass is 9.99. The molecule has 0 spiro atoms. The lowest BCUT2D eigenvalue weighted by molar-refractivity contribution is -0.137. The number of alkyl halides is 3. The molecule has 2 N–H and O–H groups in total. The predicted molar refractivity (Wildman–Crippen MR) is 118 cm³/mol. The second-order valence-corrected chi connectivity index (χ2v) is 7.50. The van der Waals surface area contributed by atoms with Crippen LogP contribution in [0.2, 0.25) is 0 Å². The van der Waals surface area contributed by atoms with E-state index in [9.17, 15) is 32.3 Å². The highest BCUT2D eigenvalue weighted by atomic mass is 19.4. The number of pyridine rings is 1. The van der Waals surface area contributed by atoms with Gasteiger partial charge in [0.15, 0.2) is 0 Å². The first kappa shape index (κ1) is 23.6. The third-order valence-electron chi connectivity index (χ3n) is 5.08. The van der Waals surface area contributed by atoms with Gasteiger partial charge in [-0.3, -0.25) is 14.5 Å². The van der Waals surface area contributed by atoms with Crippen LogP contribution in [-0.4, -0.2) is 31.7 Å². The molecule has 178 valence electrons. The van der Waals surface area contributed by atoms with Crippen LogP contribution in [0.25, 0.3) is 22.5 Å². The van der Waals surface area contributed by atoms with Crippen molar-refractivity contribution in [1.29, 1.82) is 0 Å². The van der Waals surface area contributed by atoms with Crippen LogP contribution >= 0.6 is 0 Å². The predicted octanol–water partition coefficient (Wildman–Crippen LogP) is 5.26. The Morgan fingerprint density at radius 3 is 2.37 bits per heavy atom. The molecule has 1 amide bonds. The fourth-order valence-electron chi connectivity index (χ4n) is 3.45. The van der Waals surface area contributed by atoms with Crippen LogP contribution in [0.4, 0.5) is 23.2 Å². The van der Waals surface area contributed by atoms with Gasteiger partial charge in [-0.1, -0.05) is 30.3 Å². The molecule has 0 aliphatic carbocycles. The number of hydrogen-bond donors (Lipinski definition) is 2. The third kappa shape index (κ3) is 4.88. The van der Waals surface area contributed by atoms with E-state index in [4.69, 9.17) is 0 Å². The molecule has 4 aromatic rings. The van der Waals surface area contributed by atoms with Crippen LogP contribution in [0, 0.1) is 5.82 Å². The maximum Gasteiger partial charge on any atom is 0.417 e. The second-order valence-electron chi connectivity index (χ2n) is 7.50. The first-order chi connectivity index (χ1) is 16.5. The number of carbonyl (C=O) groups is 2. The highest BCUT2D eigenvalue weighted by Crippen LogP contribution is 2.38.